The van der Waals surface area contributed by atoms with E-state index in [2.05, 4.69) is 89.8 Å². The molecule has 0 radical (unpaired) electrons. The maximum Gasteiger partial charge on any atom is 0.102 e. The summed E-state index contributed by atoms with van der Waals surface area (Å²) in [5.41, 5.74) is 3.70. The van der Waals surface area contributed by atoms with Crippen LogP contribution < -0.4 is 4.90 Å². The maximum absolute atomic E-state index is 4.82. The molecule has 3 aromatic rings. The van der Waals surface area contributed by atoms with Crippen molar-refractivity contribution in [1.82, 2.24) is 0 Å². The van der Waals surface area contributed by atoms with Crippen molar-refractivity contribution >= 4 is 12.0 Å². The van der Waals surface area contributed by atoms with Crippen molar-refractivity contribution in [2.45, 2.75) is 12.1 Å². The lowest BCUT2D eigenvalue weighted by Gasteiger charge is -2.29. The van der Waals surface area contributed by atoms with E-state index in [1.165, 1.54) is 16.8 Å². The third-order valence-corrected chi connectivity index (χ3v) is 4.29. The van der Waals surface area contributed by atoms with Gasteiger partial charge in [0.05, 0.1) is 12.4 Å². The van der Waals surface area contributed by atoms with Gasteiger partial charge in [0.2, 0.25) is 0 Å². The van der Waals surface area contributed by atoms with Crippen LogP contribution in [0.4, 0.5) is 5.69 Å². The molecule has 1 aliphatic rings. The number of para-hydroxylation sites is 1. The largest absolute Gasteiger partial charge is 0.323 e. The fourth-order valence-electron chi connectivity index (χ4n) is 3.19. The minimum Gasteiger partial charge on any atom is -0.323 e. The van der Waals surface area contributed by atoms with Gasteiger partial charge in [-0.25, -0.2) is 0 Å². The molecule has 0 saturated carbocycles. The molecule has 0 aliphatic carbocycles. The molecule has 23 heavy (non-hydrogen) atoms. The highest BCUT2D eigenvalue weighted by atomic mass is 15.3. The van der Waals surface area contributed by atoms with Crippen LogP contribution in [-0.2, 0) is 0 Å². The summed E-state index contributed by atoms with van der Waals surface area (Å²) in [4.78, 5) is 7.09. The normalized spacial score (nSPS) is 19.9. The number of nitrogens with zero attached hydrogens (tertiary/aromatic N) is 2. The first-order valence-electron chi connectivity index (χ1n) is 7.90. The molecule has 0 N–H and O–H groups in total. The van der Waals surface area contributed by atoms with Crippen molar-refractivity contribution in [1.29, 1.82) is 0 Å². The molecule has 0 amide bonds. The molecule has 1 heterocycles. The van der Waals surface area contributed by atoms with Crippen LogP contribution >= 0.6 is 0 Å². The molecular formula is C21H18N2. The summed E-state index contributed by atoms with van der Waals surface area (Å²) in [7, 11) is 0. The average Bonchev–Trinajstić information content (AvgIpc) is 3.09. The summed E-state index contributed by atoms with van der Waals surface area (Å²) < 4.78 is 0. The van der Waals surface area contributed by atoms with Gasteiger partial charge in [0.1, 0.15) is 6.04 Å². The molecule has 2 nitrogen and oxygen atoms in total. The lowest BCUT2D eigenvalue weighted by Crippen LogP contribution is -2.25. The second-order valence-electron chi connectivity index (χ2n) is 5.72. The predicted octanol–water partition coefficient (Wildman–Crippen LogP) is 5.02. The first kappa shape index (κ1) is 13.8. The smallest absolute Gasteiger partial charge is 0.102 e. The molecule has 0 fully saturated rings. The first-order chi connectivity index (χ1) is 11.4. The lowest BCUT2D eigenvalue weighted by atomic mass is 9.93. The summed E-state index contributed by atoms with van der Waals surface area (Å²) >= 11 is 0. The van der Waals surface area contributed by atoms with Crippen LogP contribution in [0.25, 0.3) is 0 Å². The van der Waals surface area contributed by atoms with Crippen LogP contribution in [-0.4, -0.2) is 6.34 Å². The highest BCUT2D eigenvalue weighted by molar-refractivity contribution is 5.83. The molecule has 0 spiro atoms. The Bertz CT molecular complexity index is 732. The lowest BCUT2D eigenvalue weighted by molar-refractivity contribution is 0.612. The zero-order valence-corrected chi connectivity index (χ0v) is 12.8. The van der Waals surface area contributed by atoms with Gasteiger partial charge in [0.25, 0.3) is 0 Å². The van der Waals surface area contributed by atoms with Crippen molar-refractivity contribution in [2.24, 2.45) is 4.99 Å². The summed E-state index contributed by atoms with van der Waals surface area (Å²) in [6, 6.07) is 31.9. The van der Waals surface area contributed by atoms with Gasteiger partial charge in [-0.1, -0.05) is 78.9 Å². The highest BCUT2D eigenvalue weighted by Gasteiger charge is 2.33. The quantitative estimate of drug-likeness (QED) is 0.663. The standard InChI is InChI=1S/C21H18N2/c1-4-10-17(11-5-1)20-21(18-12-6-2-7-13-18)23(16-22-20)19-14-8-3-9-15-19/h1-16,20-21H/t20-,21+/m1/s1. The van der Waals surface area contributed by atoms with E-state index in [-0.39, 0.29) is 12.1 Å². The van der Waals surface area contributed by atoms with Crippen LogP contribution in [0.1, 0.15) is 23.2 Å². The molecule has 1 aliphatic heterocycles. The van der Waals surface area contributed by atoms with E-state index in [9.17, 15) is 0 Å². The fraction of sp³-hybridized carbons (Fsp3) is 0.0952. The van der Waals surface area contributed by atoms with E-state index in [4.69, 9.17) is 4.99 Å². The van der Waals surface area contributed by atoms with Crippen LogP contribution in [0.5, 0.6) is 0 Å². The summed E-state index contributed by atoms with van der Waals surface area (Å²) in [5, 5.41) is 0. The molecule has 0 aromatic heterocycles. The first-order valence-corrected chi connectivity index (χ1v) is 7.90. The number of benzene rings is 3. The maximum atomic E-state index is 4.82. The number of hydrogen-bond donors (Lipinski definition) is 0. The Balaban J connectivity index is 1.78. The van der Waals surface area contributed by atoms with Gasteiger partial charge in [0, 0.05) is 5.69 Å². The van der Waals surface area contributed by atoms with Gasteiger partial charge < -0.3 is 4.90 Å². The van der Waals surface area contributed by atoms with Crippen molar-refractivity contribution in [3.8, 4) is 0 Å². The van der Waals surface area contributed by atoms with Crippen molar-refractivity contribution < 1.29 is 0 Å². The third kappa shape index (κ3) is 2.64. The number of aliphatic imine (C=N–C) groups is 1. The Hall–Kier alpha value is -2.87. The predicted molar refractivity (Wildman–Crippen MR) is 95.8 cm³/mol. The second-order valence-corrected chi connectivity index (χ2v) is 5.72. The summed E-state index contributed by atoms with van der Waals surface area (Å²) in [5.74, 6) is 0. The Morgan fingerprint density at radius 2 is 1.13 bits per heavy atom. The molecule has 3 aromatic carbocycles. The molecule has 0 unspecified atom stereocenters. The molecule has 112 valence electrons. The van der Waals surface area contributed by atoms with E-state index in [1.807, 2.05) is 12.4 Å². The van der Waals surface area contributed by atoms with Crippen LogP contribution in [0.15, 0.2) is 96.0 Å². The number of hydrogen-bond acceptors (Lipinski definition) is 2. The van der Waals surface area contributed by atoms with Gasteiger partial charge in [-0.05, 0) is 23.3 Å². The van der Waals surface area contributed by atoms with Crippen molar-refractivity contribution in [3.63, 3.8) is 0 Å². The van der Waals surface area contributed by atoms with Crippen LogP contribution in [0.2, 0.25) is 0 Å². The van der Waals surface area contributed by atoms with Gasteiger partial charge in [-0.15, -0.1) is 0 Å². The van der Waals surface area contributed by atoms with E-state index < -0.39 is 0 Å². The van der Waals surface area contributed by atoms with Crippen molar-refractivity contribution in [2.75, 3.05) is 4.90 Å². The molecule has 2 atom stereocenters. The van der Waals surface area contributed by atoms with Gasteiger partial charge in [-0.2, -0.15) is 0 Å². The van der Waals surface area contributed by atoms with E-state index >= 15 is 0 Å². The van der Waals surface area contributed by atoms with Gasteiger partial charge in [-0.3, -0.25) is 4.99 Å². The topological polar surface area (TPSA) is 15.6 Å². The number of rotatable bonds is 3. The Morgan fingerprint density at radius 1 is 0.609 bits per heavy atom. The number of anilines is 1. The zero-order valence-electron chi connectivity index (χ0n) is 12.8. The third-order valence-electron chi connectivity index (χ3n) is 4.29. The molecule has 2 heteroatoms. The highest BCUT2D eigenvalue weighted by Crippen LogP contribution is 2.42. The zero-order chi connectivity index (χ0) is 15.5. The molecular weight excluding hydrogens is 280 g/mol. The summed E-state index contributed by atoms with van der Waals surface area (Å²) in [6.45, 7) is 0. The monoisotopic (exact) mass is 298 g/mol. The Kier molecular flexibility index (Phi) is 3.65. The van der Waals surface area contributed by atoms with Crippen LogP contribution in [0, 0.1) is 0 Å². The second kappa shape index (κ2) is 6.09. The molecule has 0 bridgehead atoms. The average molecular weight is 298 g/mol. The van der Waals surface area contributed by atoms with Crippen molar-refractivity contribution in [3.05, 3.63) is 102 Å². The van der Waals surface area contributed by atoms with E-state index in [1.54, 1.807) is 0 Å². The molecule has 0 saturated heterocycles. The van der Waals surface area contributed by atoms with Crippen LogP contribution in [0.3, 0.4) is 0 Å². The van der Waals surface area contributed by atoms with Gasteiger partial charge in [0.15, 0.2) is 0 Å². The summed E-state index contributed by atoms with van der Waals surface area (Å²) in [6.07, 6.45) is 1.98. The molecule has 4 rings (SSSR count). The SMILES string of the molecule is C1=N[C@H](c2ccccc2)[C@H](c2ccccc2)N1c1ccccc1. The fourth-order valence-corrected chi connectivity index (χ4v) is 3.19. The Labute approximate surface area is 136 Å². The van der Waals surface area contributed by atoms with E-state index in [0.717, 1.165) is 0 Å². The Morgan fingerprint density at radius 3 is 1.74 bits per heavy atom. The van der Waals surface area contributed by atoms with E-state index in [0.29, 0.717) is 0 Å². The minimum atomic E-state index is 0.110. The van der Waals surface area contributed by atoms with Gasteiger partial charge >= 0.3 is 0 Å². The minimum absolute atomic E-state index is 0.110.